The number of carbonyl (C=O) groups is 1. The van der Waals surface area contributed by atoms with Gasteiger partial charge >= 0.3 is 0 Å². The molecular weight excluding hydrogens is 407 g/mol. The minimum Gasteiger partial charge on any atom is -0.294 e. The van der Waals surface area contributed by atoms with Crippen molar-refractivity contribution in [2.45, 2.75) is 64.7 Å². The summed E-state index contributed by atoms with van der Waals surface area (Å²) in [5, 5.41) is 0. The highest BCUT2D eigenvalue weighted by Gasteiger charge is 2.33. The number of ketones is 1. The maximum absolute atomic E-state index is 14.1. The molecule has 0 amide bonds. The third-order valence-corrected chi connectivity index (χ3v) is 7.44. The molecular formula is C31H33FO. The standard InChI is InChI=1S/C31H33FO/c1-21-12-14-24(15-13-21)17-30(33)25-8-5-6-11-29-22(2)16-23(3)31(4,20-26(29)18-25)27-9-7-10-28(32)19-27/h6-10,14,16,18-19,21H,3,11-13,15,17,20H2,1-2,4H3/b25-18+/t5?,21-,31-/m1/s1. The number of Topliss-reactive ketones (excluding diaryl/α,β-unsaturated/α-hetero) is 1. The van der Waals surface area contributed by atoms with Crippen LogP contribution >= 0.6 is 0 Å². The second-order valence-corrected chi connectivity index (χ2v) is 10.0. The Balaban J connectivity index is 1.72. The van der Waals surface area contributed by atoms with Crippen molar-refractivity contribution in [3.05, 3.63) is 112 Å². The number of halogens is 1. The van der Waals surface area contributed by atoms with Crippen molar-refractivity contribution in [2.75, 3.05) is 0 Å². The smallest absolute Gasteiger partial charge is 0.167 e. The van der Waals surface area contributed by atoms with E-state index in [-0.39, 0.29) is 11.6 Å². The number of benzene rings is 1. The second-order valence-electron chi connectivity index (χ2n) is 10.0. The zero-order valence-corrected chi connectivity index (χ0v) is 20.0. The van der Waals surface area contributed by atoms with Crippen molar-refractivity contribution in [2.24, 2.45) is 5.92 Å². The predicted octanol–water partition coefficient (Wildman–Crippen LogP) is 8.03. The van der Waals surface area contributed by atoms with Gasteiger partial charge in [0.2, 0.25) is 0 Å². The Morgan fingerprint density at radius 1 is 1.30 bits per heavy atom. The van der Waals surface area contributed by atoms with Crippen molar-refractivity contribution in [1.29, 1.82) is 0 Å². The summed E-state index contributed by atoms with van der Waals surface area (Å²) in [6, 6.07) is 6.81. The van der Waals surface area contributed by atoms with Crippen LogP contribution in [0.25, 0.3) is 0 Å². The van der Waals surface area contributed by atoms with Gasteiger partial charge in [-0.15, -0.1) is 5.73 Å². The highest BCUT2D eigenvalue weighted by atomic mass is 19.1. The molecule has 170 valence electrons. The molecule has 0 fully saturated rings. The molecule has 2 heteroatoms. The van der Waals surface area contributed by atoms with Crippen LogP contribution in [-0.2, 0) is 10.2 Å². The largest absolute Gasteiger partial charge is 0.294 e. The molecule has 0 N–H and O–H groups in total. The number of rotatable bonds is 4. The topological polar surface area (TPSA) is 17.1 Å². The molecule has 0 saturated heterocycles. The molecule has 0 spiro atoms. The van der Waals surface area contributed by atoms with Gasteiger partial charge in [0, 0.05) is 17.4 Å². The van der Waals surface area contributed by atoms with E-state index in [1.54, 1.807) is 12.1 Å². The molecule has 0 bridgehead atoms. The van der Waals surface area contributed by atoms with Gasteiger partial charge in [-0.1, -0.05) is 50.3 Å². The third-order valence-electron chi connectivity index (χ3n) is 7.44. The van der Waals surface area contributed by atoms with Gasteiger partial charge in [0.05, 0.1) is 0 Å². The average molecular weight is 441 g/mol. The summed E-state index contributed by atoms with van der Waals surface area (Å²) in [6.07, 6.45) is 15.4. The predicted molar refractivity (Wildman–Crippen MR) is 134 cm³/mol. The van der Waals surface area contributed by atoms with E-state index in [1.807, 2.05) is 18.2 Å². The second kappa shape index (κ2) is 9.49. The van der Waals surface area contributed by atoms with E-state index >= 15 is 0 Å². The van der Waals surface area contributed by atoms with Crippen LogP contribution in [-0.4, -0.2) is 5.78 Å². The van der Waals surface area contributed by atoms with Gasteiger partial charge in [-0.05, 0) is 103 Å². The van der Waals surface area contributed by atoms with Gasteiger partial charge in [0.15, 0.2) is 5.78 Å². The summed E-state index contributed by atoms with van der Waals surface area (Å²) in [4.78, 5) is 13.3. The van der Waals surface area contributed by atoms with Crippen LogP contribution in [0.3, 0.4) is 0 Å². The van der Waals surface area contributed by atoms with Crippen molar-refractivity contribution in [3.63, 3.8) is 0 Å². The fourth-order valence-electron chi connectivity index (χ4n) is 5.10. The molecule has 0 aliphatic heterocycles. The van der Waals surface area contributed by atoms with E-state index in [0.717, 1.165) is 48.0 Å². The van der Waals surface area contributed by atoms with Crippen LogP contribution in [0.5, 0.6) is 0 Å². The van der Waals surface area contributed by atoms with Crippen molar-refractivity contribution >= 4 is 5.78 Å². The van der Waals surface area contributed by atoms with Crippen LogP contribution < -0.4 is 0 Å². The van der Waals surface area contributed by atoms with Gasteiger partial charge in [-0.3, -0.25) is 4.79 Å². The zero-order chi connectivity index (χ0) is 23.6. The lowest BCUT2D eigenvalue weighted by Gasteiger charge is -2.31. The van der Waals surface area contributed by atoms with E-state index in [1.165, 1.54) is 17.2 Å². The first-order chi connectivity index (χ1) is 15.8. The highest BCUT2D eigenvalue weighted by Crippen LogP contribution is 2.44. The van der Waals surface area contributed by atoms with Gasteiger partial charge in [-0.2, -0.15) is 0 Å². The average Bonchev–Trinajstić information content (AvgIpc) is 2.84. The molecule has 3 aliphatic carbocycles. The lowest BCUT2D eigenvalue weighted by molar-refractivity contribution is -0.114. The Morgan fingerprint density at radius 3 is 2.85 bits per heavy atom. The number of carbonyl (C=O) groups excluding carboxylic acids is 1. The molecule has 2 atom stereocenters. The minimum absolute atomic E-state index is 0.141. The minimum atomic E-state index is -0.459. The van der Waals surface area contributed by atoms with Crippen LogP contribution in [0.1, 0.15) is 64.9 Å². The number of allylic oxidation sites excluding steroid dienone is 10. The number of hydrogen-bond acceptors (Lipinski definition) is 1. The molecule has 3 aliphatic rings. The van der Waals surface area contributed by atoms with Crippen molar-refractivity contribution in [3.8, 4) is 0 Å². The summed E-state index contributed by atoms with van der Waals surface area (Å²) in [5.41, 5.74) is 10.0. The first-order valence-electron chi connectivity index (χ1n) is 12.0. The first kappa shape index (κ1) is 23.2. The maximum atomic E-state index is 14.1. The molecule has 1 aromatic rings. The van der Waals surface area contributed by atoms with E-state index in [4.69, 9.17) is 0 Å². The molecule has 0 unspecified atom stereocenters. The Kier molecular flexibility index (Phi) is 6.68. The van der Waals surface area contributed by atoms with Gasteiger partial charge in [-0.25, -0.2) is 4.39 Å². The third kappa shape index (κ3) is 5.02. The van der Waals surface area contributed by atoms with E-state index in [2.05, 4.69) is 51.3 Å². The Labute approximate surface area is 197 Å². The van der Waals surface area contributed by atoms with Gasteiger partial charge in [0.25, 0.3) is 0 Å². The first-order valence-corrected chi connectivity index (χ1v) is 12.0. The molecule has 1 nitrogen and oxygen atoms in total. The van der Waals surface area contributed by atoms with E-state index in [9.17, 15) is 9.18 Å². The fraction of sp³-hybridized carbons (Fsp3) is 0.355. The molecule has 0 radical (unpaired) electrons. The Bertz CT molecular complexity index is 1180. The summed E-state index contributed by atoms with van der Waals surface area (Å²) in [5.74, 6) is 0.600. The van der Waals surface area contributed by atoms with Crippen molar-refractivity contribution < 1.29 is 9.18 Å². The monoisotopic (exact) mass is 440 g/mol. The van der Waals surface area contributed by atoms with Crippen molar-refractivity contribution in [1.82, 2.24) is 0 Å². The van der Waals surface area contributed by atoms with Crippen LogP contribution in [0.4, 0.5) is 4.39 Å². The lowest BCUT2D eigenvalue weighted by atomic mass is 9.72. The Morgan fingerprint density at radius 2 is 2.12 bits per heavy atom. The summed E-state index contributed by atoms with van der Waals surface area (Å²) >= 11 is 0. The fourth-order valence-corrected chi connectivity index (χ4v) is 5.10. The molecule has 0 aromatic heterocycles. The normalized spacial score (nSPS) is 27.0. The summed E-state index contributed by atoms with van der Waals surface area (Å²) < 4.78 is 14.1. The molecule has 4 rings (SSSR count). The van der Waals surface area contributed by atoms with Crippen LogP contribution in [0.2, 0.25) is 0 Å². The lowest BCUT2D eigenvalue weighted by Crippen LogP contribution is -2.24. The molecule has 0 heterocycles. The number of hydrogen-bond donors (Lipinski definition) is 0. The summed E-state index contributed by atoms with van der Waals surface area (Å²) in [7, 11) is 0. The Hall–Kier alpha value is -2.96. The van der Waals surface area contributed by atoms with Gasteiger partial charge in [0.1, 0.15) is 5.82 Å². The SMILES string of the molecule is C=C1C=C(C)C2=C(/C=C(/C(=O)CC3=CC[C@@H](C)CC3)C=C=CC2)C[C@@]1(C)c1cccc(F)c1. The zero-order valence-electron chi connectivity index (χ0n) is 20.0. The van der Waals surface area contributed by atoms with Gasteiger partial charge < -0.3 is 0 Å². The maximum Gasteiger partial charge on any atom is 0.167 e. The molecule has 1 aromatic carbocycles. The van der Waals surface area contributed by atoms with E-state index in [0.29, 0.717) is 24.3 Å². The highest BCUT2D eigenvalue weighted by molar-refractivity contribution is 6.00. The van der Waals surface area contributed by atoms with Crippen LogP contribution in [0, 0.1) is 11.7 Å². The summed E-state index contributed by atoms with van der Waals surface area (Å²) in [6.45, 7) is 10.9. The molecule has 33 heavy (non-hydrogen) atoms. The van der Waals surface area contributed by atoms with Crippen LogP contribution in [0.15, 0.2) is 100 Å². The van der Waals surface area contributed by atoms with E-state index < -0.39 is 5.41 Å². The quantitative estimate of drug-likeness (QED) is 0.342. The molecule has 0 saturated carbocycles.